The van der Waals surface area contributed by atoms with Crippen LogP contribution in [0.4, 0.5) is 0 Å². The number of hydrogen-bond acceptors (Lipinski definition) is 3. The van der Waals surface area contributed by atoms with E-state index in [-0.39, 0.29) is 0 Å². The fourth-order valence-electron chi connectivity index (χ4n) is 2.01. The summed E-state index contributed by atoms with van der Waals surface area (Å²) < 4.78 is 5.11. The number of nitrogens with zero attached hydrogens (tertiary/aromatic N) is 1. The first kappa shape index (κ1) is 11.5. The molecule has 0 aliphatic heterocycles. The summed E-state index contributed by atoms with van der Waals surface area (Å²) in [7, 11) is 1.66. The first-order valence-corrected chi connectivity index (χ1v) is 5.82. The Hall–Kier alpha value is -1.95. The van der Waals surface area contributed by atoms with Crippen LogP contribution in [0.5, 0.6) is 5.75 Å². The van der Waals surface area contributed by atoms with Crippen LogP contribution >= 0.6 is 0 Å². The number of ether oxygens (including phenoxy) is 1. The molecule has 0 fully saturated rings. The van der Waals surface area contributed by atoms with E-state index in [1.165, 1.54) is 5.56 Å². The lowest BCUT2D eigenvalue weighted by molar-refractivity contribution is 0.414. The Morgan fingerprint density at radius 1 is 1.29 bits per heavy atom. The van der Waals surface area contributed by atoms with Crippen LogP contribution in [0.3, 0.4) is 0 Å². The summed E-state index contributed by atoms with van der Waals surface area (Å²) in [5.74, 6) is 0.867. The molecule has 3 heteroatoms. The number of rotatable bonds is 4. The van der Waals surface area contributed by atoms with Gasteiger partial charge in [-0.3, -0.25) is 0 Å². The van der Waals surface area contributed by atoms with Gasteiger partial charge in [0.25, 0.3) is 0 Å². The lowest BCUT2D eigenvalue weighted by atomic mass is 10.2. The second-order valence-electron chi connectivity index (χ2n) is 4.12. The molecule has 17 heavy (non-hydrogen) atoms. The first-order chi connectivity index (χ1) is 8.33. The highest BCUT2D eigenvalue weighted by Crippen LogP contribution is 2.23. The number of allylic oxidation sites excluding steroid dienone is 2. The van der Waals surface area contributed by atoms with Crippen molar-refractivity contribution in [2.75, 3.05) is 7.11 Å². The minimum Gasteiger partial charge on any atom is -0.497 e. The van der Waals surface area contributed by atoms with Crippen LogP contribution in [-0.4, -0.2) is 7.11 Å². The fourth-order valence-corrected chi connectivity index (χ4v) is 2.01. The zero-order valence-electron chi connectivity index (χ0n) is 9.99. The van der Waals surface area contributed by atoms with E-state index in [0.717, 1.165) is 42.8 Å². The Kier molecular flexibility index (Phi) is 3.66. The van der Waals surface area contributed by atoms with Gasteiger partial charge in [0.15, 0.2) is 0 Å². The van der Waals surface area contributed by atoms with Crippen molar-refractivity contribution in [2.24, 2.45) is 0 Å². The van der Waals surface area contributed by atoms with Crippen molar-refractivity contribution in [3.05, 3.63) is 41.1 Å². The molecule has 0 saturated heterocycles. The Labute approximate surface area is 102 Å². The molecular weight excluding hydrogens is 212 g/mol. The zero-order valence-corrected chi connectivity index (χ0v) is 9.99. The van der Waals surface area contributed by atoms with Gasteiger partial charge in [-0.25, -0.2) is 0 Å². The molecule has 0 saturated carbocycles. The van der Waals surface area contributed by atoms with Gasteiger partial charge in [0.05, 0.1) is 13.2 Å². The smallest absolute Gasteiger partial charge is 0.118 e. The summed E-state index contributed by atoms with van der Waals surface area (Å²) in [4.78, 5) is 0. The number of nitriles is 1. The average molecular weight is 228 g/mol. The van der Waals surface area contributed by atoms with Crippen molar-refractivity contribution in [1.82, 2.24) is 5.32 Å². The van der Waals surface area contributed by atoms with E-state index in [1.54, 1.807) is 7.11 Å². The van der Waals surface area contributed by atoms with E-state index >= 15 is 0 Å². The predicted molar refractivity (Wildman–Crippen MR) is 66.3 cm³/mol. The van der Waals surface area contributed by atoms with Crippen LogP contribution in [0, 0.1) is 11.3 Å². The molecule has 88 valence electrons. The Balaban J connectivity index is 1.96. The van der Waals surface area contributed by atoms with Gasteiger partial charge >= 0.3 is 0 Å². The maximum Gasteiger partial charge on any atom is 0.118 e. The minimum atomic E-state index is 0.768. The zero-order chi connectivity index (χ0) is 12.1. The van der Waals surface area contributed by atoms with E-state index in [9.17, 15) is 0 Å². The number of hydrogen-bond donors (Lipinski definition) is 1. The maximum absolute atomic E-state index is 8.94. The molecule has 3 nitrogen and oxygen atoms in total. The Morgan fingerprint density at radius 2 is 2.06 bits per heavy atom. The van der Waals surface area contributed by atoms with Crippen LogP contribution in [0.15, 0.2) is 35.5 Å². The molecule has 0 amide bonds. The van der Waals surface area contributed by atoms with Gasteiger partial charge in [0, 0.05) is 17.8 Å². The van der Waals surface area contributed by atoms with Gasteiger partial charge in [-0.15, -0.1) is 0 Å². The lowest BCUT2D eigenvalue weighted by Crippen LogP contribution is -2.12. The average Bonchev–Trinajstić information content (AvgIpc) is 2.84. The molecule has 0 unspecified atom stereocenters. The van der Waals surface area contributed by atoms with E-state index in [4.69, 9.17) is 10.00 Å². The van der Waals surface area contributed by atoms with Crippen molar-refractivity contribution in [3.63, 3.8) is 0 Å². The Morgan fingerprint density at radius 3 is 2.71 bits per heavy atom. The molecule has 0 atom stereocenters. The number of nitrogens with one attached hydrogen (secondary N) is 1. The summed E-state index contributed by atoms with van der Waals surface area (Å²) in [5.41, 5.74) is 3.23. The number of methoxy groups -OCH3 is 1. The quantitative estimate of drug-likeness (QED) is 0.861. The summed E-state index contributed by atoms with van der Waals surface area (Å²) >= 11 is 0. The molecule has 1 aliphatic carbocycles. The molecule has 0 spiro atoms. The van der Waals surface area contributed by atoms with Crippen molar-refractivity contribution < 1.29 is 4.74 Å². The second kappa shape index (κ2) is 5.40. The van der Waals surface area contributed by atoms with Crippen molar-refractivity contribution in [1.29, 1.82) is 5.26 Å². The van der Waals surface area contributed by atoms with E-state index in [1.807, 2.05) is 24.3 Å². The highest BCUT2D eigenvalue weighted by molar-refractivity contribution is 5.32. The van der Waals surface area contributed by atoms with Crippen molar-refractivity contribution >= 4 is 0 Å². The first-order valence-electron chi connectivity index (χ1n) is 5.82. The van der Waals surface area contributed by atoms with E-state index < -0.39 is 0 Å². The fraction of sp³-hybridized carbons (Fsp3) is 0.357. The highest BCUT2D eigenvalue weighted by atomic mass is 16.5. The van der Waals surface area contributed by atoms with Crippen molar-refractivity contribution in [2.45, 2.75) is 25.8 Å². The Bertz CT molecular complexity index is 454. The molecular formula is C14H16N2O. The molecule has 1 aromatic rings. The van der Waals surface area contributed by atoms with Crippen LogP contribution in [0.2, 0.25) is 0 Å². The van der Waals surface area contributed by atoms with Gasteiger partial charge in [-0.05, 0) is 37.0 Å². The summed E-state index contributed by atoms with van der Waals surface area (Å²) in [6, 6.07) is 10.2. The van der Waals surface area contributed by atoms with Gasteiger partial charge < -0.3 is 10.1 Å². The molecule has 1 aliphatic rings. The normalized spacial score (nSPS) is 14.6. The lowest BCUT2D eigenvalue weighted by Gasteiger charge is -2.08. The topological polar surface area (TPSA) is 45.0 Å². The maximum atomic E-state index is 8.94. The molecule has 1 N–H and O–H groups in total. The summed E-state index contributed by atoms with van der Waals surface area (Å²) in [6.45, 7) is 0.768. The van der Waals surface area contributed by atoms with Crippen molar-refractivity contribution in [3.8, 4) is 11.8 Å². The second-order valence-corrected chi connectivity index (χ2v) is 4.12. The van der Waals surface area contributed by atoms with E-state index in [2.05, 4.69) is 11.4 Å². The predicted octanol–water partition coefficient (Wildman–Crippen LogP) is 2.75. The van der Waals surface area contributed by atoms with E-state index in [0.29, 0.717) is 0 Å². The monoisotopic (exact) mass is 228 g/mol. The highest BCUT2D eigenvalue weighted by Gasteiger charge is 2.13. The molecule has 0 radical (unpaired) electrons. The van der Waals surface area contributed by atoms with Gasteiger partial charge in [-0.1, -0.05) is 12.1 Å². The largest absolute Gasteiger partial charge is 0.497 e. The third-order valence-corrected chi connectivity index (χ3v) is 3.02. The molecule has 2 rings (SSSR count). The number of benzene rings is 1. The third kappa shape index (κ3) is 2.79. The molecule has 0 aromatic heterocycles. The van der Waals surface area contributed by atoms with Gasteiger partial charge in [-0.2, -0.15) is 5.26 Å². The van der Waals surface area contributed by atoms with Gasteiger partial charge in [0.2, 0.25) is 0 Å². The summed E-state index contributed by atoms with van der Waals surface area (Å²) in [5, 5.41) is 12.3. The summed E-state index contributed by atoms with van der Waals surface area (Å²) in [6.07, 6.45) is 3.01. The van der Waals surface area contributed by atoms with Crippen LogP contribution in [0.25, 0.3) is 0 Å². The third-order valence-electron chi connectivity index (χ3n) is 3.02. The van der Waals surface area contributed by atoms with Crippen LogP contribution < -0.4 is 10.1 Å². The van der Waals surface area contributed by atoms with Gasteiger partial charge in [0.1, 0.15) is 5.75 Å². The molecule has 0 heterocycles. The minimum absolute atomic E-state index is 0.768. The molecule has 1 aromatic carbocycles. The van der Waals surface area contributed by atoms with Crippen LogP contribution in [0.1, 0.15) is 24.8 Å². The standard InChI is InChI=1S/C14H16N2O/c1-17-13-7-5-11(6-8-13)10-16-14-4-2-3-12(14)9-15/h5-8,16H,2-4,10H2,1H3. The SMILES string of the molecule is COc1ccc(CNC2=C(C#N)CCC2)cc1. The molecule has 0 bridgehead atoms. The van der Waals surface area contributed by atoms with Crippen LogP contribution in [-0.2, 0) is 6.54 Å².